The van der Waals surface area contributed by atoms with Gasteiger partial charge in [0.2, 0.25) is 0 Å². The van der Waals surface area contributed by atoms with E-state index in [-0.39, 0.29) is 0 Å². The Hall–Kier alpha value is -0.800. The summed E-state index contributed by atoms with van der Waals surface area (Å²) in [6.07, 6.45) is 10.3. The highest BCUT2D eigenvalue weighted by Gasteiger charge is 2.12. The third kappa shape index (κ3) is 6.26. The second kappa shape index (κ2) is 9.16. The van der Waals surface area contributed by atoms with Crippen LogP contribution in [0.1, 0.15) is 70.0 Å². The molecule has 1 unspecified atom stereocenters. The van der Waals surface area contributed by atoms with Crippen molar-refractivity contribution in [1.82, 2.24) is 4.98 Å². The molecule has 3 nitrogen and oxygen atoms in total. The number of nitrogens with two attached hydrogens (primary N) is 1. The van der Waals surface area contributed by atoms with Crippen LogP contribution in [0.5, 0.6) is 0 Å². The van der Waals surface area contributed by atoms with Gasteiger partial charge in [-0.05, 0) is 12.5 Å². The number of aliphatic hydroxyl groups is 1. The molecular formula is C15H25ClN2O. The number of halogens is 1. The van der Waals surface area contributed by atoms with E-state index in [0.29, 0.717) is 16.4 Å². The Morgan fingerprint density at radius 3 is 2.53 bits per heavy atom. The average molecular weight is 285 g/mol. The van der Waals surface area contributed by atoms with Crippen molar-refractivity contribution >= 4 is 17.4 Å². The summed E-state index contributed by atoms with van der Waals surface area (Å²) >= 11 is 5.86. The summed E-state index contributed by atoms with van der Waals surface area (Å²) in [7, 11) is 0. The number of hydrogen-bond acceptors (Lipinski definition) is 3. The molecule has 0 bridgehead atoms. The van der Waals surface area contributed by atoms with Gasteiger partial charge in [-0.1, -0.05) is 63.5 Å². The molecule has 0 spiro atoms. The summed E-state index contributed by atoms with van der Waals surface area (Å²) in [5.41, 5.74) is 6.40. The smallest absolute Gasteiger partial charge is 0.129 e. The Balaban J connectivity index is 2.23. The van der Waals surface area contributed by atoms with E-state index < -0.39 is 6.10 Å². The average Bonchev–Trinajstić information content (AvgIpc) is 2.40. The largest absolute Gasteiger partial charge is 0.388 e. The SMILES string of the molecule is CCCCCCCCCC(O)c1cc(Cl)cnc1N. The van der Waals surface area contributed by atoms with Crippen LogP contribution in [-0.4, -0.2) is 10.1 Å². The predicted octanol–water partition coefficient (Wildman–Crippen LogP) is 4.49. The maximum Gasteiger partial charge on any atom is 0.129 e. The molecule has 0 aliphatic carbocycles. The number of aliphatic hydroxyl groups excluding tert-OH is 1. The number of anilines is 1. The van der Waals surface area contributed by atoms with E-state index in [0.717, 1.165) is 19.3 Å². The number of unbranched alkanes of at least 4 members (excludes halogenated alkanes) is 6. The fraction of sp³-hybridized carbons (Fsp3) is 0.667. The Bertz CT molecular complexity index is 371. The van der Waals surface area contributed by atoms with Gasteiger partial charge in [-0.25, -0.2) is 4.98 Å². The first kappa shape index (κ1) is 16.3. The molecule has 1 rings (SSSR count). The summed E-state index contributed by atoms with van der Waals surface area (Å²) < 4.78 is 0. The number of rotatable bonds is 9. The predicted molar refractivity (Wildman–Crippen MR) is 81.2 cm³/mol. The molecule has 0 fully saturated rings. The van der Waals surface area contributed by atoms with Crippen molar-refractivity contribution in [3.63, 3.8) is 0 Å². The van der Waals surface area contributed by atoms with E-state index in [1.165, 1.54) is 38.3 Å². The highest BCUT2D eigenvalue weighted by Crippen LogP contribution is 2.26. The number of hydrogen-bond donors (Lipinski definition) is 2. The first-order valence-electron chi connectivity index (χ1n) is 7.24. The zero-order valence-electron chi connectivity index (χ0n) is 11.7. The van der Waals surface area contributed by atoms with Gasteiger partial charge >= 0.3 is 0 Å². The number of nitrogens with zero attached hydrogens (tertiary/aromatic N) is 1. The van der Waals surface area contributed by atoms with E-state index >= 15 is 0 Å². The highest BCUT2D eigenvalue weighted by molar-refractivity contribution is 6.30. The third-order valence-electron chi connectivity index (χ3n) is 3.36. The van der Waals surface area contributed by atoms with Crippen LogP contribution < -0.4 is 5.73 Å². The molecule has 0 saturated heterocycles. The van der Waals surface area contributed by atoms with Crippen LogP contribution in [0, 0.1) is 0 Å². The van der Waals surface area contributed by atoms with Crippen LogP contribution >= 0.6 is 11.6 Å². The molecule has 19 heavy (non-hydrogen) atoms. The molecule has 0 radical (unpaired) electrons. The summed E-state index contributed by atoms with van der Waals surface area (Å²) in [5.74, 6) is 0.375. The molecule has 1 atom stereocenters. The van der Waals surface area contributed by atoms with Gasteiger partial charge in [0.25, 0.3) is 0 Å². The van der Waals surface area contributed by atoms with Crippen LogP contribution in [0.25, 0.3) is 0 Å². The van der Waals surface area contributed by atoms with Crippen molar-refractivity contribution in [2.75, 3.05) is 5.73 Å². The standard InChI is InChI=1S/C15H25ClN2O/c1-2-3-4-5-6-7-8-9-14(19)13-10-12(16)11-18-15(13)17/h10-11,14,19H,2-9H2,1H3,(H2,17,18). The molecule has 0 amide bonds. The van der Waals surface area contributed by atoms with Crippen LogP contribution in [0.4, 0.5) is 5.82 Å². The van der Waals surface area contributed by atoms with E-state index in [1.54, 1.807) is 6.07 Å². The van der Waals surface area contributed by atoms with E-state index in [9.17, 15) is 5.11 Å². The second-order valence-electron chi connectivity index (χ2n) is 5.05. The van der Waals surface area contributed by atoms with Crippen LogP contribution in [-0.2, 0) is 0 Å². The summed E-state index contributed by atoms with van der Waals surface area (Å²) in [4.78, 5) is 3.96. The van der Waals surface area contributed by atoms with Crippen LogP contribution in [0.3, 0.4) is 0 Å². The molecule has 1 heterocycles. The van der Waals surface area contributed by atoms with Crippen molar-refractivity contribution in [2.24, 2.45) is 0 Å². The minimum Gasteiger partial charge on any atom is -0.388 e. The Labute approximate surface area is 121 Å². The van der Waals surface area contributed by atoms with Gasteiger partial charge in [-0.15, -0.1) is 0 Å². The lowest BCUT2D eigenvalue weighted by atomic mass is 10.0. The number of aromatic nitrogens is 1. The molecule has 0 aromatic carbocycles. The van der Waals surface area contributed by atoms with E-state index in [2.05, 4.69) is 11.9 Å². The zero-order chi connectivity index (χ0) is 14.1. The van der Waals surface area contributed by atoms with Gasteiger partial charge < -0.3 is 10.8 Å². The molecule has 0 aliphatic rings. The lowest BCUT2D eigenvalue weighted by Gasteiger charge is -2.12. The van der Waals surface area contributed by atoms with Crippen molar-refractivity contribution in [2.45, 2.75) is 64.4 Å². The normalized spacial score (nSPS) is 12.6. The minimum atomic E-state index is -0.554. The lowest BCUT2D eigenvalue weighted by molar-refractivity contribution is 0.163. The first-order chi connectivity index (χ1) is 9.15. The van der Waals surface area contributed by atoms with Crippen molar-refractivity contribution in [3.05, 3.63) is 22.8 Å². The van der Waals surface area contributed by atoms with Crippen molar-refractivity contribution in [3.8, 4) is 0 Å². The van der Waals surface area contributed by atoms with Gasteiger partial charge in [0.05, 0.1) is 11.1 Å². The van der Waals surface area contributed by atoms with Gasteiger partial charge in [0.1, 0.15) is 5.82 Å². The third-order valence-corrected chi connectivity index (χ3v) is 3.56. The Morgan fingerprint density at radius 1 is 1.21 bits per heavy atom. The number of nitrogen functional groups attached to an aromatic ring is 1. The van der Waals surface area contributed by atoms with Gasteiger partial charge in [-0.3, -0.25) is 0 Å². The molecule has 0 saturated carbocycles. The first-order valence-corrected chi connectivity index (χ1v) is 7.62. The minimum absolute atomic E-state index is 0.375. The Morgan fingerprint density at radius 2 is 1.84 bits per heavy atom. The monoisotopic (exact) mass is 284 g/mol. The molecule has 3 N–H and O–H groups in total. The maximum atomic E-state index is 10.1. The molecular weight excluding hydrogens is 260 g/mol. The molecule has 1 aromatic heterocycles. The summed E-state index contributed by atoms with van der Waals surface area (Å²) in [6.45, 7) is 2.22. The second-order valence-corrected chi connectivity index (χ2v) is 5.49. The molecule has 4 heteroatoms. The van der Waals surface area contributed by atoms with E-state index in [4.69, 9.17) is 17.3 Å². The summed E-state index contributed by atoms with van der Waals surface area (Å²) in [5, 5.41) is 10.6. The van der Waals surface area contributed by atoms with E-state index in [1.807, 2.05) is 0 Å². The van der Waals surface area contributed by atoms with Crippen LogP contribution in [0.15, 0.2) is 12.3 Å². The highest BCUT2D eigenvalue weighted by atomic mass is 35.5. The van der Waals surface area contributed by atoms with Gasteiger partial charge in [0.15, 0.2) is 0 Å². The van der Waals surface area contributed by atoms with Crippen molar-refractivity contribution < 1.29 is 5.11 Å². The summed E-state index contributed by atoms with van der Waals surface area (Å²) in [6, 6.07) is 1.70. The zero-order valence-corrected chi connectivity index (χ0v) is 12.5. The lowest BCUT2D eigenvalue weighted by Crippen LogP contribution is -2.04. The number of pyridine rings is 1. The van der Waals surface area contributed by atoms with Crippen LogP contribution in [0.2, 0.25) is 5.02 Å². The molecule has 108 valence electrons. The topological polar surface area (TPSA) is 59.1 Å². The fourth-order valence-corrected chi connectivity index (χ4v) is 2.35. The van der Waals surface area contributed by atoms with Gasteiger partial charge in [0, 0.05) is 11.8 Å². The van der Waals surface area contributed by atoms with Crippen molar-refractivity contribution in [1.29, 1.82) is 0 Å². The molecule has 0 aliphatic heterocycles. The quantitative estimate of drug-likeness (QED) is 0.657. The molecule has 1 aromatic rings. The maximum absolute atomic E-state index is 10.1. The fourth-order valence-electron chi connectivity index (χ4n) is 2.18. The Kier molecular flexibility index (Phi) is 7.84. The van der Waals surface area contributed by atoms with Gasteiger partial charge in [-0.2, -0.15) is 0 Å².